The molecule has 0 spiro atoms. The van der Waals surface area contributed by atoms with E-state index in [4.69, 9.17) is 0 Å². The summed E-state index contributed by atoms with van der Waals surface area (Å²) >= 11 is 0. The zero-order chi connectivity index (χ0) is 30.4. The average molecular weight is 555 g/mol. The highest BCUT2D eigenvalue weighted by Crippen LogP contribution is 2.66. The second-order valence-electron chi connectivity index (χ2n) is 12.7. The summed E-state index contributed by atoms with van der Waals surface area (Å²) in [7, 11) is 0. The zero-order valence-electron chi connectivity index (χ0n) is 24.2. The highest BCUT2D eigenvalue weighted by molar-refractivity contribution is 6.33. The minimum atomic E-state index is -3.01. The molecule has 1 aromatic carbocycles. The van der Waals surface area contributed by atoms with Gasteiger partial charge in [0.1, 0.15) is 23.2 Å². The van der Waals surface area contributed by atoms with Crippen LogP contribution in [0.2, 0.25) is 0 Å². The van der Waals surface area contributed by atoms with Crippen LogP contribution in [0.25, 0.3) is 0 Å². The first-order chi connectivity index (χ1) is 18.4. The summed E-state index contributed by atoms with van der Waals surface area (Å²) in [6.07, 6.45) is -1.62. The number of benzene rings is 1. The third kappa shape index (κ3) is 3.33. The first-order valence-corrected chi connectivity index (χ1v) is 13.8. The molecule has 0 aliphatic heterocycles. The Bertz CT molecular complexity index is 1390. The van der Waals surface area contributed by atoms with Gasteiger partial charge in [0.05, 0.1) is 17.6 Å². The molecule has 9 heteroatoms. The Labute approximate surface area is 233 Å². The molecule has 0 amide bonds. The van der Waals surface area contributed by atoms with E-state index < -0.39 is 86.8 Å². The van der Waals surface area contributed by atoms with E-state index in [1.165, 1.54) is 13.8 Å². The Hall–Kier alpha value is -3.04. The van der Waals surface area contributed by atoms with E-state index in [-0.39, 0.29) is 29.8 Å². The molecule has 216 valence electrons. The molecule has 3 aliphatic carbocycles. The molecule has 0 bridgehead atoms. The number of aromatic hydroxyl groups is 1. The summed E-state index contributed by atoms with van der Waals surface area (Å²) in [6.45, 7) is 12.2. The topological polar surface area (TPSA) is 163 Å². The number of Topliss-reactive ketones (excluding diaryl/α,β-unsaturated/α-hetero) is 6. The molecule has 2 saturated carbocycles. The predicted octanol–water partition coefficient (Wildman–Crippen LogP) is 2.45. The monoisotopic (exact) mass is 554 g/mol. The van der Waals surface area contributed by atoms with Crippen LogP contribution in [0.3, 0.4) is 0 Å². The number of phenolic OH excluding ortho intramolecular Hbond substituents is 1. The SMILES string of the molecule is CCC(=O)Cc1c(C)cc2c(c1O)C(=O)C1C(=O)[C@@]3(O)C(=O)C(C(C)=O)C(=O)C(C(C)C)[C@@]3(C)[C@H](O)[C@@]1(C)[C@@H]2C. The quantitative estimate of drug-likeness (QED) is 0.464. The maximum atomic E-state index is 14.4. The predicted molar refractivity (Wildman–Crippen MR) is 143 cm³/mol. The molecular weight excluding hydrogens is 516 g/mol. The van der Waals surface area contributed by atoms with Crippen molar-refractivity contribution in [3.63, 3.8) is 0 Å². The fourth-order valence-electron chi connectivity index (χ4n) is 8.14. The summed E-state index contributed by atoms with van der Waals surface area (Å²) < 4.78 is 0. The van der Waals surface area contributed by atoms with Crippen LogP contribution in [-0.2, 0) is 30.4 Å². The van der Waals surface area contributed by atoms with Crippen molar-refractivity contribution in [1.82, 2.24) is 0 Å². The van der Waals surface area contributed by atoms with Gasteiger partial charge in [0.15, 0.2) is 28.7 Å². The zero-order valence-corrected chi connectivity index (χ0v) is 24.2. The Morgan fingerprint density at radius 2 is 1.65 bits per heavy atom. The van der Waals surface area contributed by atoms with Gasteiger partial charge in [-0.1, -0.05) is 47.6 Å². The fourth-order valence-corrected chi connectivity index (χ4v) is 8.14. The normalized spacial score (nSPS) is 37.2. The van der Waals surface area contributed by atoms with Gasteiger partial charge < -0.3 is 15.3 Å². The highest BCUT2D eigenvalue weighted by atomic mass is 16.3. The van der Waals surface area contributed by atoms with Crippen LogP contribution in [-0.4, -0.2) is 61.7 Å². The number of ketones is 6. The molecule has 0 heterocycles. The number of fused-ring (bicyclic) bond motifs is 3. The summed E-state index contributed by atoms with van der Waals surface area (Å²) in [4.78, 5) is 80.7. The molecule has 3 unspecified atom stereocenters. The second kappa shape index (κ2) is 9.24. The lowest BCUT2D eigenvalue weighted by atomic mass is 9.37. The van der Waals surface area contributed by atoms with E-state index in [0.29, 0.717) is 11.1 Å². The molecular formula is C31H38O9. The Morgan fingerprint density at radius 3 is 2.15 bits per heavy atom. The van der Waals surface area contributed by atoms with Crippen LogP contribution in [0.4, 0.5) is 0 Å². The maximum Gasteiger partial charge on any atom is 0.191 e. The largest absolute Gasteiger partial charge is 0.507 e. The molecule has 0 aromatic heterocycles. The number of hydrogen-bond donors (Lipinski definition) is 3. The van der Waals surface area contributed by atoms with Crippen molar-refractivity contribution in [3.05, 3.63) is 28.3 Å². The van der Waals surface area contributed by atoms with Crippen molar-refractivity contribution in [1.29, 1.82) is 0 Å². The van der Waals surface area contributed by atoms with Crippen LogP contribution in [0, 0.1) is 41.4 Å². The minimum Gasteiger partial charge on any atom is -0.507 e. The number of aliphatic hydroxyl groups is 2. The summed E-state index contributed by atoms with van der Waals surface area (Å²) in [5.74, 6) is -11.9. The van der Waals surface area contributed by atoms with Crippen LogP contribution in [0.5, 0.6) is 5.75 Å². The summed E-state index contributed by atoms with van der Waals surface area (Å²) in [5, 5.41) is 35.6. The lowest BCUT2D eigenvalue weighted by Crippen LogP contribution is -2.81. The highest BCUT2D eigenvalue weighted by Gasteiger charge is 2.80. The first kappa shape index (κ1) is 29.9. The molecule has 4 rings (SSSR count). The van der Waals surface area contributed by atoms with E-state index in [2.05, 4.69) is 0 Å². The van der Waals surface area contributed by atoms with Gasteiger partial charge in [0, 0.05) is 35.2 Å². The van der Waals surface area contributed by atoms with Gasteiger partial charge in [-0.3, -0.25) is 28.8 Å². The van der Waals surface area contributed by atoms with Crippen molar-refractivity contribution < 1.29 is 44.1 Å². The molecule has 0 saturated heterocycles. The Morgan fingerprint density at radius 1 is 1.07 bits per heavy atom. The number of phenols is 1. The van der Waals surface area contributed by atoms with Gasteiger partial charge in [-0.05, 0) is 36.8 Å². The van der Waals surface area contributed by atoms with Crippen LogP contribution < -0.4 is 0 Å². The molecule has 0 radical (unpaired) electrons. The van der Waals surface area contributed by atoms with E-state index in [9.17, 15) is 44.1 Å². The second-order valence-corrected chi connectivity index (χ2v) is 12.7. The van der Waals surface area contributed by atoms with Crippen molar-refractivity contribution in [2.24, 2.45) is 34.5 Å². The van der Waals surface area contributed by atoms with Gasteiger partial charge in [-0.15, -0.1) is 0 Å². The maximum absolute atomic E-state index is 14.4. The van der Waals surface area contributed by atoms with E-state index in [1.54, 1.807) is 40.7 Å². The van der Waals surface area contributed by atoms with Crippen molar-refractivity contribution in [2.45, 2.75) is 85.9 Å². The average Bonchev–Trinajstić information content (AvgIpc) is 2.86. The molecule has 3 N–H and O–H groups in total. The number of hydrogen-bond acceptors (Lipinski definition) is 9. The van der Waals surface area contributed by atoms with Gasteiger partial charge in [0.2, 0.25) is 0 Å². The number of aliphatic hydroxyl groups excluding tert-OH is 1. The number of carbonyl (C=O) groups is 6. The van der Waals surface area contributed by atoms with Crippen LogP contribution in [0.1, 0.15) is 87.9 Å². The van der Waals surface area contributed by atoms with Gasteiger partial charge in [-0.2, -0.15) is 0 Å². The molecule has 2 fully saturated rings. The van der Waals surface area contributed by atoms with Gasteiger partial charge in [0.25, 0.3) is 0 Å². The molecule has 8 atom stereocenters. The molecule has 3 aliphatic rings. The number of rotatable bonds is 5. The fraction of sp³-hybridized carbons (Fsp3) is 0.613. The van der Waals surface area contributed by atoms with E-state index >= 15 is 0 Å². The van der Waals surface area contributed by atoms with Gasteiger partial charge >= 0.3 is 0 Å². The first-order valence-electron chi connectivity index (χ1n) is 13.8. The van der Waals surface area contributed by atoms with Crippen molar-refractivity contribution in [2.75, 3.05) is 0 Å². The Kier molecular flexibility index (Phi) is 6.92. The molecule has 40 heavy (non-hydrogen) atoms. The van der Waals surface area contributed by atoms with Crippen LogP contribution >= 0.6 is 0 Å². The number of aryl methyl sites for hydroxylation is 1. The Balaban J connectivity index is 2.04. The molecule has 9 nitrogen and oxygen atoms in total. The van der Waals surface area contributed by atoms with E-state index in [1.807, 2.05) is 0 Å². The standard InChI is InChI=1S/C31H38O9/c1-9-16(33)11-17-13(4)10-18-14(5)29(7)22(25(36)20(18)23(17)34)27(38)31(40)26(37)19(15(6)32)24(35)21(12(2)3)30(31,8)28(29)39/h10,12,14,19,21-22,28,34,39-40H,9,11H2,1-8H3/t14-,19?,21?,22?,28-,29+,30+,31+/m1/s1. The van der Waals surface area contributed by atoms with Crippen molar-refractivity contribution in [3.8, 4) is 5.75 Å². The van der Waals surface area contributed by atoms with Gasteiger partial charge in [-0.25, -0.2) is 0 Å². The summed E-state index contributed by atoms with van der Waals surface area (Å²) in [6, 6.07) is 1.67. The third-order valence-corrected chi connectivity index (χ3v) is 10.4. The molecule has 1 aromatic rings. The van der Waals surface area contributed by atoms with Crippen molar-refractivity contribution >= 4 is 34.7 Å². The summed E-state index contributed by atoms with van der Waals surface area (Å²) in [5.41, 5.74) is -5.65. The van der Waals surface area contributed by atoms with E-state index in [0.717, 1.165) is 6.92 Å². The number of carbonyl (C=O) groups excluding carboxylic acids is 6. The van der Waals surface area contributed by atoms with Crippen LogP contribution in [0.15, 0.2) is 6.07 Å². The lowest BCUT2D eigenvalue weighted by molar-refractivity contribution is -0.240. The lowest BCUT2D eigenvalue weighted by Gasteiger charge is -2.65. The minimum absolute atomic E-state index is 0.124. The third-order valence-electron chi connectivity index (χ3n) is 10.4. The smallest absolute Gasteiger partial charge is 0.191 e.